The summed E-state index contributed by atoms with van der Waals surface area (Å²) in [6, 6.07) is 5.99. The highest BCUT2D eigenvalue weighted by atomic mass is 19.4. The van der Waals surface area contributed by atoms with Gasteiger partial charge < -0.3 is 4.74 Å². The standard InChI is InChI=1S/C16H12F3N5O2/c17-16(18,19)10-26-15-21-7-12(8-22-15)13-3-4-14(25)24(23-13)9-11-2-1-5-20-6-11/h1-8H,9-10H2. The van der Waals surface area contributed by atoms with Gasteiger partial charge in [-0.1, -0.05) is 6.07 Å². The van der Waals surface area contributed by atoms with Crippen molar-refractivity contribution in [3.8, 4) is 17.3 Å². The second-order valence-corrected chi connectivity index (χ2v) is 5.23. The second-order valence-electron chi connectivity index (χ2n) is 5.23. The fraction of sp³-hybridized carbons (Fsp3) is 0.188. The van der Waals surface area contributed by atoms with Gasteiger partial charge in [0.25, 0.3) is 5.56 Å². The van der Waals surface area contributed by atoms with E-state index in [2.05, 4.69) is 24.8 Å². The van der Waals surface area contributed by atoms with Crippen LogP contribution in [0.3, 0.4) is 0 Å². The van der Waals surface area contributed by atoms with Crippen LogP contribution in [0.15, 0.2) is 53.8 Å². The molecule has 0 unspecified atom stereocenters. The summed E-state index contributed by atoms with van der Waals surface area (Å²) >= 11 is 0. The molecule has 0 aliphatic carbocycles. The Morgan fingerprint density at radius 3 is 2.50 bits per heavy atom. The van der Waals surface area contributed by atoms with Crippen LogP contribution in [0, 0.1) is 0 Å². The van der Waals surface area contributed by atoms with E-state index in [1.54, 1.807) is 18.5 Å². The largest absolute Gasteiger partial charge is 0.454 e. The monoisotopic (exact) mass is 363 g/mol. The molecule has 26 heavy (non-hydrogen) atoms. The lowest BCUT2D eigenvalue weighted by atomic mass is 10.2. The average molecular weight is 363 g/mol. The molecule has 3 heterocycles. The van der Waals surface area contributed by atoms with Crippen LogP contribution in [0.2, 0.25) is 0 Å². The molecule has 0 saturated carbocycles. The number of alkyl halides is 3. The van der Waals surface area contributed by atoms with Crippen LogP contribution in [0.5, 0.6) is 6.01 Å². The number of aromatic nitrogens is 5. The first-order valence-corrected chi connectivity index (χ1v) is 7.40. The molecule has 0 radical (unpaired) electrons. The van der Waals surface area contributed by atoms with Gasteiger partial charge in [0.05, 0.1) is 12.2 Å². The fourth-order valence-electron chi connectivity index (χ4n) is 2.05. The van der Waals surface area contributed by atoms with Crippen LogP contribution in [0.25, 0.3) is 11.3 Å². The van der Waals surface area contributed by atoms with Crippen LogP contribution >= 0.6 is 0 Å². The second kappa shape index (κ2) is 7.30. The minimum Gasteiger partial charge on any atom is -0.454 e. The van der Waals surface area contributed by atoms with E-state index in [1.807, 2.05) is 6.07 Å². The van der Waals surface area contributed by atoms with Crippen LogP contribution < -0.4 is 10.3 Å². The van der Waals surface area contributed by atoms with E-state index in [4.69, 9.17) is 0 Å². The third kappa shape index (κ3) is 4.62. The summed E-state index contributed by atoms with van der Waals surface area (Å²) in [6.07, 6.45) is 1.33. The van der Waals surface area contributed by atoms with Crippen LogP contribution in [-0.2, 0) is 6.54 Å². The Balaban J connectivity index is 1.79. The highest BCUT2D eigenvalue weighted by Gasteiger charge is 2.28. The quantitative estimate of drug-likeness (QED) is 0.690. The molecule has 0 aromatic carbocycles. The summed E-state index contributed by atoms with van der Waals surface area (Å²) in [7, 11) is 0. The van der Waals surface area contributed by atoms with Crippen LogP contribution in [0.1, 0.15) is 5.56 Å². The number of halogens is 3. The maximum atomic E-state index is 12.1. The van der Waals surface area contributed by atoms with E-state index in [-0.39, 0.29) is 12.1 Å². The Hall–Kier alpha value is -3.30. The predicted octanol–water partition coefficient (Wildman–Crippen LogP) is 2.08. The van der Waals surface area contributed by atoms with E-state index >= 15 is 0 Å². The molecule has 0 aliphatic rings. The van der Waals surface area contributed by atoms with E-state index in [0.717, 1.165) is 5.56 Å². The van der Waals surface area contributed by atoms with Gasteiger partial charge in [0.15, 0.2) is 6.61 Å². The van der Waals surface area contributed by atoms with Gasteiger partial charge in [0.2, 0.25) is 0 Å². The average Bonchev–Trinajstić information content (AvgIpc) is 2.63. The summed E-state index contributed by atoms with van der Waals surface area (Å²) in [6.45, 7) is -1.24. The number of rotatable bonds is 5. The van der Waals surface area contributed by atoms with Crippen molar-refractivity contribution in [2.45, 2.75) is 12.7 Å². The molecule has 3 aromatic rings. The van der Waals surface area contributed by atoms with Crippen LogP contribution in [-0.4, -0.2) is 37.5 Å². The van der Waals surface area contributed by atoms with Crippen molar-refractivity contribution < 1.29 is 17.9 Å². The van der Waals surface area contributed by atoms with Gasteiger partial charge in [0, 0.05) is 36.4 Å². The molecule has 0 saturated heterocycles. The van der Waals surface area contributed by atoms with Gasteiger partial charge in [-0.25, -0.2) is 14.6 Å². The van der Waals surface area contributed by atoms with Gasteiger partial charge >= 0.3 is 12.2 Å². The minimum atomic E-state index is -4.47. The molecule has 0 bridgehead atoms. The molecule has 0 fully saturated rings. The summed E-state index contributed by atoms with van der Waals surface area (Å²) in [4.78, 5) is 23.4. The van der Waals surface area contributed by atoms with Crippen molar-refractivity contribution in [2.24, 2.45) is 0 Å². The van der Waals surface area contributed by atoms with Gasteiger partial charge in [-0.05, 0) is 17.7 Å². The first kappa shape index (κ1) is 17.5. The van der Waals surface area contributed by atoms with Crippen molar-refractivity contribution in [1.29, 1.82) is 0 Å². The maximum Gasteiger partial charge on any atom is 0.422 e. The topological polar surface area (TPSA) is 82.8 Å². The predicted molar refractivity (Wildman–Crippen MR) is 84.4 cm³/mol. The van der Waals surface area contributed by atoms with Crippen molar-refractivity contribution >= 4 is 0 Å². The summed E-state index contributed by atoms with van der Waals surface area (Å²) in [5.74, 6) is 0. The first-order valence-electron chi connectivity index (χ1n) is 7.40. The molecule has 0 spiro atoms. The van der Waals surface area contributed by atoms with Gasteiger partial charge in [-0.15, -0.1) is 0 Å². The van der Waals surface area contributed by atoms with E-state index in [1.165, 1.54) is 29.2 Å². The number of hydrogen-bond acceptors (Lipinski definition) is 6. The molecule has 10 heteroatoms. The zero-order chi connectivity index (χ0) is 18.6. The third-order valence-electron chi connectivity index (χ3n) is 3.21. The van der Waals surface area contributed by atoms with Crippen LogP contribution in [0.4, 0.5) is 13.2 Å². The van der Waals surface area contributed by atoms with Crippen molar-refractivity contribution in [3.63, 3.8) is 0 Å². The zero-order valence-corrected chi connectivity index (χ0v) is 13.2. The summed E-state index contributed by atoms with van der Waals surface area (Å²) in [5.41, 5.74) is 1.33. The maximum absolute atomic E-state index is 12.1. The van der Waals surface area contributed by atoms with Gasteiger partial charge in [0.1, 0.15) is 0 Å². The third-order valence-corrected chi connectivity index (χ3v) is 3.21. The molecule has 134 valence electrons. The smallest absolute Gasteiger partial charge is 0.422 e. The Bertz CT molecular complexity index is 927. The van der Waals surface area contributed by atoms with Crippen molar-refractivity contribution in [2.75, 3.05) is 6.61 Å². The summed E-state index contributed by atoms with van der Waals surface area (Å²) in [5, 5.41) is 4.23. The highest BCUT2D eigenvalue weighted by molar-refractivity contribution is 5.55. The van der Waals surface area contributed by atoms with E-state index in [0.29, 0.717) is 11.3 Å². The fourth-order valence-corrected chi connectivity index (χ4v) is 2.05. The molecule has 3 aromatic heterocycles. The normalized spacial score (nSPS) is 11.3. The zero-order valence-electron chi connectivity index (χ0n) is 13.2. The molecule has 0 aliphatic heterocycles. The lowest BCUT2D eigenvalue weighted by molar-refractivity contribution is -0.154. The molecule has 0 atom stereocenters. The molecular weight excluding hydrogens is 351 g/mol. The lowest BCUT2D eigenvalue weighted by Gasteiger charge is -2.08. The number of pyridine rings is 1. The Morgan fingerprint density at radius 1 is 1.08 bits per heavy atom. The summed E-state index contributed by atoms with van der Waals surface area (Å²) < 4.78 is 42.1. The molecule has 7 nitrogen and oxygen atoms in total. The van der Waals surface area contributed by atoms with Crippen molar-refractivity contribution in [3.05, 3.63) is 65.0 Å². The first-order chi connectivity index (χ1) is 12.4. The molecule has 0 amide bonds. The van der Waals surface area contributed by atoms with E-state index in [9.17, 15) is 18.0 Å². The molecule has 0 N–H and O–H groups in total. The number of nitrogens with zero attached hydrogens (tertiary/aromatic N) is 5. The lowest BCUT2D eigenvalue weighted by Crippen LogP contribution is -2.23. The SMILES string of the molecule is O=c1ccc(-c2cnc(OCC(F)(F)F)nc2)nn1Cc1cccnc1. The Kier molecular flexibility index (Phi) is 4.92. The van der Waals surface area contributed by atoms with Gasteiger partial charge in [-0.3, -0.25) is 9.78 Å². The Morgan fingerprint density at radius 2 is 1.85 bits per heavy atom. The van der Waals surface area contributed by atoms with E-state index < -0.39 is 18.8 Å². The minimum absolute atomic E-state index is 0.230. The molecular formula is C16H12F3N5O2. The number of hydrogen-bond donors (Lipinski definition) is 0. The Labute approximate surface area is 145 Å². The van der Waals surface area contributed by atoms with Gasteiger partial charge in [-0.2, -0.15) is 18.3 Å². The number of ether oxygens (including phenoxy) is 1. The molecule has 3 rings (SSSR count). The highest BCUT2D eigenvalue weighted by Crippen LogP contribution is 2.18. The van der Waals surface area contributed by atoms with Crippen molar-refractivity contribution in [1.82, 2.24) is 24.7 Å².